The summed E-state index contributed by atoms with van der Waals surface area (Å²) in [5.41, 5.74) is 5.02. The molecule has 5 nitrogen and oxygen atoms in total. The van der Waals surface area contributed by atoms with Crippen molar-refractivity contribution in [3.05, 3.63) is 47.0 Å². The van der Waals surface area contributed by atoms with Gasteiger partial charge in [-0.15, -0.1) is 0 Å². The molecule has 0 bridgehead atoms. The van der Waals surface area contributed by atoms with Crippen molar-refractivity contribution in [2.24, 2.45) is 5.84 Å². The first-order chi connectivity index (χ1) is 9.22. The van der Waals surface area contributed by atoms with Crippen LogP contribution in [0.25, 0.3) is 11.3 Å². The Bertz CT molecular complexity index is 693. The molecular weight excluding hydrogens is 238 g/mol. The number of nitrogens with one attached hydrogen (secondary N) is 1. The first kappa shape index (κ1) is 12.6. The van der Waals surface area contributed by atoms with Gasteiger partial charge in [0.1, 0.15) is 17.7 Å². The highest BCUT2D eigenvalue weighted by Gasteiger charge is 2.17. The first-order valence-corrected chi connectivity index (χ1v) is 5.59. The Balaban J connectivity index is 2.79. The van der Waals surface area contributed by atoms with Crippen LogP contribution in [0.1, 0.15) is 16.7 Å². The molecule has 2 rings (SSSR count). The summed E-state index contributed by atoms with van der Waals surface area (Å²) < 4.78 is 0. The molecule has 2 aromatic rings. The molecule has 0 fully saturated rings. The Morgan fingerprint density at radius 3 is 2.26 bits per heavy atom. The number of hydrazine groups is 1. The summed E-state index contributed by atoms with van der Waals surface area (Å²) in [5.74, 6) is 5.59. The van der Waals surface area contributed by atoms with Crippen molar-refractivity contribution in [2.75, 3.05) is 5.43 Å². The fourth-order valence-corrected chi connectivity index (χ4v) is 1.91. The standard InChI is InChI=1S/C14H11N5/c1-9-11(7-15)12(8-16)14(19-17)18-13(9)10-5-3-2-4-6-10/h2-6H,17H2,1H3,(H,18,19). The fourth-order valence-electron chi connectivity index (χ4n) is 1.91. The zero-order valence-electron chi connectivity index (χ0n) is 10.3. The third-order valence-corrected chi connectivity index (χ3v) is 2.85. The van der Waals surface area contributed by atoms with Crippen molar-refractivity contribution in [2.45, 2.75) is 6.92 Å². The Hall–Kier alpha value is -2.89. The molecule has 0 spiro atoms. The number of pyridine rings is 1. The summed E-state index contributed by atoms with van der Waals surface area (Å²) in [6.45, 7) is 1.77. The lowest BCUT2D eigenvalue weighted by atomic mass is 9.99. The van der Waals surface area contributed by atoms with Gasteiger partial charge in [0.05, 0.1) is 11.3 Å². The zero-order chi connectivity index (χ0) is 13.8. The van der Waals surface area contributed by atoms with Crippen LogP contribution in [0.4, 0.5) is 5.82 Å². The van der Waals surface area contributed by atoms with Crippen molar-refractivity contribution >= 4 is 5.82 Å². The van der Waals surface area contributed by atoms with Crippen LogP contribution in [-0.4, -0.2) is 4.98 Å². The second kappa shape index (κ2) is 5.18. The van der Waals surface area contributed by atoms with E-state index in [1.54, 1.807) is 6.92 Å². The highest BCUT2D eigenvalue weighted by Crippen LogP contribution is 2.28. The van der Waals surface area contributed by atoms with Crippen LogP contribution in [-0.2, 0) is 0 Å². The summed E-state index contributed by atoms with van der Waals surface area (Å²) >= 11 is 0. The van der Waals surface area contributed by atoms with Crippen molar-refractivity contribution in [1.29, 1.82) is 10.5 Å². The molecule has 0 saturated carbocycles. The third kappa shape index (κ3) is 2.11. The highest BCUT2D eigenvalue weighted by molar-refractivity contribution is 5.73. The molecule has 0 aliphatic rings. The maximum Gasteiger partial charge on any atom is 0.160 e. The third-order valence-electron chi connectivity index (χ3n) is 2.85. The van der Waals surface area contributed by atoms with Gasteiger partial charge in [-0.2, -0.15) is 10.5 Å². The minimum absolute atomic E-state index is 0.169. The molecule has 1 aromatic carbocycles. The molecule has 3 N–H and O–H groups in total. The van der Waals surface area contributed by atoms with Crippen molar-refractivity contribution in [1.82, 2.24) is 4.98 Å². The SMILES string of the molecule is Cc1c(-c2ccccc2)nc(NN)c(C#N)c1C#N. The molecule has 0 unspecified atom stereocenters. The van der Waals surface area contributed by atoms with E-state index in [4.69, 9.17) is 11.1 Å². The lowest BCUT2D eigenvalue weighted by molar-refractivity contribution is 1.18. The second-order valence-corrected chi connectivity index (χ2v) is 3.92. The van der Waals surface area contributed by atoms with Gasteiger partial charge < -0.3 is 5.43 Å². The lowest BCUT2D eigenvalue weighted by Gasteiger charge is -2.11. The van der Waals surface area contributed by atoms with E-state index in [9.17, 15) is 5.26 Å². The topological polar surface area (TPSA) is 98.5 Å². The number of benzene rings is 1. The number of hydrogen-bond acceptors (Lipinski definition) is 5. The van der Waals surface area contributed by atoms with E-state index in [1.807, 2.05) is 42.5 Å². The number of aromatic nitrogens is 1. The number of nitrogens with two attached hydrogens (primary N) is 1. The molecule has 1 heterocycles. The number of anilines is 1. The van der Waals surface area contributed by atoms with Crippen molar-refractivity contribution in [3.8, 4) is 23.4 Å². The summed E-state index contributed by atoms with van der Waals surface area (Å²) in [5, 5.41) is 18.3. The van der Waals surface area contributed by atoms with Crippen LogP contribution in [0.15, 0.2) is 30.3 Å². The minimum atomic E-state index is 0.169. The number of hydrogen-bond donors (Lipinski definition) is 2. The van der Waals surface area contributed by atoms with Gasteiger partial charge in [-0.05, 0) is 12.5 Å². The van der Waals surface area contributed by atoms with Crippen LogP contribution in [0, 0.1) is 29.6 Å². The minimum Gasteiger partial charge on any atom is -0.307 e. The predicted molar refractivity (Wildman–Crippen MR) is 71.7 cm³/mol. The van der Waals surface area contributed by atoms with Crippen LogP contribution in [0.3, 0.4) is 0 Å². The van der Waals surface area contributed by atoms with E-state index in [0.717, 1.165) is 5.56 Å². The van der Waals surface area contributed by atoms with Crippen LogP contribution < -0.4 is 11.3 Å². The maximum absolute atomic E-state index is 9.22. The monoisotopic (exact) mass is 249 g/mol. The maximum atomic E-state index is 9.22. The van der Waals surface area contributed by atoms with Gasteiger partial charge in [-0.3, -0.25) is 0 Å². The summed E-state index contributed by atoms with van der Waals surface area (Å²) in [4.78, 5) is 4.33. The zero-order valence-corrected chi connectivity index (χ0v) is 10.3. The quantitative estimate of drug-likeness (QED) is 0.627. The van der Waals surface area contributed by atoms with Gasteiger partial charge in [0, 0.05) is 5.56 Å². The first-order valence-electron chi connectivity index (χ1n) is 5.59. The van der Waals surface area contributed by atoms with E-state index in [-0.39, 0.29) is 11.4 Å². The van der Waals surface area contributed by atoms with Gasteiger partial charge in [-0.25, -0.2) is 10.8 Å². The predicted octanol–water partition coefficient (Wildman–Crippen LogP) is 2.09. The summed E-state index contributed by atoms with van der Waals surface area (Å²) in [6.07, 6.45) is 0. The average molecular weight is 249 g/mol. The Morgan fingerprint density at radius 2 is 1.74 bits per heavy atom. The van der Waals surface area contributed by atoms with Gasteiger partial charge in [-0.1, -0.05) is 30.3 Å². The number of nitrogen functional groups attached to an aromatic ring is 1. The van der Waals surface area contributed by atoms with Gasteiger partial charge >= 0.3 is 0 Å². The van der Waals surface area contributed by atoms with Crippen molar-refractivity contribution in [3.63, 3.8) is 0 Å². The van der Waals surface area contributed by atoms with Crippen LogP contribution in [0.2, 0.25) is 0 Å². The van der Waals surface area contributed by atoms with Gasteiger partial charge in [0.25, 0.3) is 0 Å². The normalized spacial score (nSPS) is 9.47. The smallest absolute Gasteiger partial charge is 0.160 e. The molecule has 19 heavy (non-hydrogen) atoms. The van der Waals surface area contributed by atoms with E-state index < -0.39 is 0 Å². The molecule has 1 aromatic heterocycles. The molecule has 0 saturated heterocycles. The van der Waals surface area contributed by atoms with E-state index >= 15 is 0 Å². The Labute approximate surface area is 110 Å². The molecule has 92 valence electrons. The molecule has 0 radical (unpaired) electrons. The van der Waals surface area contributed by atoms with Crippen LogP contribution in [0.5, 0.6) is 0 Å². The Morgan fingerprint density at radius 1 is 1.11 bits per heavy atom. The summed E-state index contributed by atoms with van der Waals surface area (Å²) in [7, 11) is 0. The molecule has 0 aliphatic heterocycles. The molecule has 0 amide bonds. The largest absolute Gasteiger partial charge is 0.307 e. The fraction of sp³-hybridized carbons (Fsp3) is 0.0714. The van der Waals surface area contributed by atoms with E-state index in [2.05, 4.69) is 10.4 Å². The highest BCUT2D eigenvalue weighted by atomic mass is 15.3. The van der Waals surface area contributed by atoms with E-state index in [1.165, 1.54) is 0 Å². The average Bonchev–Trinajstić information content (AvgIpc) is 2.47. The summed E-state index contributed by atoms with van der Waals surface area (Å²) in [6, 6.07) is 13.5. The molecular formula is C14H11N5. The van der Waals surface area contributed by atoms with Gasteiger partial charge in [0.15, 0.2) is 5.82 Å². The molecule has 0 aliphatic carbocycles. The van der Waals surface area contributed by atoms with Crippen LogP contribution >= 0.6 is 0 Å². The Kier molecular flexibility index (Phi) is 3.42. The number of nitriles is 2. The number of rotatable bonds is 2. The lowest BCUT2D eigenvalue weighted by Crippen LogP contribution is -2.13. The van der Waals surface area contributed by atoms with E-state index in [0.29, 0.717) is 16.8 Å². The van der Waals surface area contributed by atoms with Crippen molar-refractivity contribution < 1.29 is 0 Å². The van der Waals surface area contributed by atoms with Gasteiger partial charge in [0.2, 0.25) is 0 Å². The molecule has 0 atom stereocenters. The second-order valence-electron chi connectivity index (χ2n) is 3.92. The molecule has 5 heteroatoms. The number of nitrogens with zero attached hydrogens (tertiary/aromatic N) is 3.